The van der Waals surface area contributed by atoms with Gasteiger partial charge in [-0.05, 0) is 36.8 Å². The van der Waals surface area contributed by atoms with Crippen LogP contribution in [0.15, 0.2) is 42.5 Å². The summed E-state index contributed by atoms with van der Waals surface area (Å²) in [5.74, 6) is 0.977. The summed E-state index contributed by atoms with van der Waals surface area (Å²) < 4.78 is 21.4. The predicted octanol–water partition coefficient (Wildman–Crippen LogP) is 2.17. The molecule has 8 heteroatoms. The van der Waals surface area contributed by atoms with E-state index < -0.39 is 0 Å². The molecule has 0 fully saturated rings. The van der Waals surface area contributed by atoms with Crippen molar-refractivity contribution in [1.82, 2.24) is 10.6 Å². The van der Waals surface area contributed by atoms with Gasteiger partial charge in [0.2, 0.25) is 0 Å². The summed E-state index contributed by atoms with van der Waals surface area (Å²) in [7, 11) is 3.11. The summed E-state index contributed by atoms with van der Waals surface area (Å²) in [6.45, 7) is 3.36. The summed E-state index contributed by atoms with van der Waals surface area (Å²) >= 11 is 0. The van der Waals surface area contributed by atoms with Crippen LogP contribution in [0.5, 0.6) is 17.2 Å². The lowest BCUT2D eigenvalue weighted by atomic mass is 10.1. The minimum atomic E-state index is -0.251. The zero-order chi connectivity index (χ0) is 21.8. The van der Waals surface area contributed by atoms with Crippen LogP contribution in [0.2, 0.25) is 0 Å². The van der Waals surface area contributed by atoms with E-state index in [-0.39, 0.29) is 25.0 Å². The molecule has 0 aliphatic rings. The Morgan fingerprint density at radius 2 is 1.70 bits per heavy atom. The van der Waals surface area contributed by atoms with Crippen molar-refractivity contribution in [2.24, 2.45) is 0 Å². The van der Waals surface area contributed by atoms with Gasteiger partial charge in [0.05, 0.1) is 19.3 Å². The summed E-state index contributed by atoms with van der Waals surface area (Å²) in [6, 6.07) is 12.3. The number of ether oxygens (including phenoxy) is 4. The largest absolute Gasteiger partial charge is 0.493 e. The van der Waals surface area contributed by atoms with Crippen molar-refractivity contribution in [2.75, 3.05) is 40.6 Å². The number of hydrogen-bond donors (Lipinski definition) is 2. The highest BCUT2D eigenvalue weighted by Crippen LogP contribution is 2.28. The second-order valence-corrected chi connectivity index (χ2v) is 6.25. The van der Waals surface area contributed by atoms with Crippen molar-refractivity contribution >= 4 is 11.8 Å². The van der Waals surface area contributed by atoms with E-state index in [0.29, 0.717) is 42.6 Å². The average molecular weight is 416 g/mol. The Bertz CT molecular complexity index is 840. The molecule has 0 aliphatic heterocycles. The van der Waals surface area contributed by atoms with E-state index in [1.807, 2.05) is 13.0 Å². The lowest BCUT2D eigenvalue weighted by Crippen LogP contribution is -2.28. The Balaban J connectivity index is 1.98. The lowest BCUT2D eigenvalue weighted by Gasteiger charge is -2.13. The van der Waals surface area contributed by atoms with Crippen LogP contribution in [0.3, 0.4) is 0 Å². The number of rotatable bonds is 12. The maximum atomic E-state index is 12.6. The minimum Gasteiger partial charge on any atom is -0.493 e. The van der Waals surface area contributed by atoms with Crippen LogP contribution in [-0.4, -0.2) is 52.4 Å². The molecule has 0 atom stereocenters. The molecule has 2 N–H and O–H groups in total. The van der Waals surface area contributed by atoms with Crippen LogP contribution in [0, 0.1) is 0 Å². The van der Waals surface area contributed by atoms with Crippen molar-refractivity contribution in [3.8, 4) is 17.2 Å². The number of carbonyl (C=O) groups excluding carboxylic acids is 2. The SMILES string of the molecule is CCNC(=O)COc1ccc(CNC(=O)c2ccccc2OCCOC)cc1OC. The molecule has 0 unspecified atom stereocenters. The van der Waals surface area contributed by atoms with Gasteiger partial charge in [-0.2, -0.15) is 0 Å². The zero-order valence-electron chi connectivity index (χ0n) is 17.5. The highest BCUT2D eigenvalue weighted by Gasteiger charge is 2.13. The third kappa shape index (κ3) is 6.97. The molecule has 2 amide bonds. The van der Waals surface area contributed by atoms with Crippen molar-refractivity contribution in [1.29, 1.82) is 0 Å². The number of nitrogens with one attached hydrogen (secondary N) is 2. The molecular formula is C22H28N2O6. The standard InChI is InChI=1S/C22H28N2O6/c1-4-23-21(25)15-30-19-10-9-16(13-20(19)28-3)14-24-22(26)17-7-5-6-8-18(17)29-12-11-27-2/h5-10,13H,4,11-12,14-15H2,1-3H3,(H,23,25)(H,24,26). The highest BCUT2D eigenvalue weighted by atomic mass is 16.5. The quantitative estimate of drug-likeness (QED) is 0.515. The van der Waals surface area contributed by atoms with Gasteiger partial charge in [0.25, 0.3) is 11.8 Å². The molecule has 2 aromatic rings. The molecule has 0 aromatic heterocycles. The predicted molar refractivity (Wildman–Crippen MR) is 112 cm³/mol. The van der Waals surface area contributed by atoms with Gasteiger partial charge in [0.15, 0.2) is 18.1 Å². The fraction of sp³-hybridized carbons (Fsp3) is 0.364. The van der Waals surface area contributed by atoms with E-state index in [2.05, 4.69) is 10.6 Å². The number of hydrogen-bond acceptors (Lipinski definition) is 6. The maximum absolute atomic E-state index is 12.6. The van der Waals surface area contributed by atoms with Crippen LogP contribution in [0.25, 0.3) is 0 Å². The number of carbonyl (C=O) groups is 2. The van der Waals surface area contributed by atoms with Crippen molar-refractivity contribution in [3.05, 3.63) is 53.6 Å². The van der Waals surface area contributed by atoms with Gasteiger partial charge >= 0.3 is 0 Å². The normalized spacial score (nSPS) is 10.2. The number of likely N-dealkylation sites (N-methyl/N-ethyl adjacent to an activating group) is 1. The van der Waals surface area contributed by atoms with Gasteiger partial charge in [-0.25, -0.2) is 0 Å². The van der Waals surface area contributed by atoms with E-state index >= 15 is 0 Å². The second-order valence-electron chi connectivity index (χ2n) is 6.25. The fourth-order valence-corrected chi connectivity index (χ4v) is 2.63. The van der Waals surface area contributed by atoms with Crippen LogP contribution >= 0.6 is 0 Å². The van der Waals surface area contributed by atoms with Gasteiger partial charge in [-0.15, -0.1) is 0 Å². The molecule has 0 aliphatic carbocycles. The first-order valence-corrected chi connectivity index (χ1v) is 9.64. The smallest absolute Gasteiger partial charge is 0.257 e. The fourth-order valence-electron chi connectivity index (χ4n) is 2.63. The number of benzene rings is 2. The van der Waals surface area contributed by atoms with E-state index in [0.717, 1.165) is 5.56 Å². The Morgan fingerprint density at radius 3 is 2.43 bits per heavy atom. The summed E-state index contributed by atoms with van der Waals surface area (Å²) in [5.41, 5.74) is 1.27. The third-order valence-corrected chi connectivity index (χ3v) is 4.09. The highest BCUT2D eigenvalue weighted by molar-refractivity contribution is 5.96. The minimum absolute atomic E-state index is 0.0971. The van der Waals surface area contributed by atoms with E-state index in [1.165, 1.54) is 7.11 Å². The van der Waals surface area contributed by atoms with Crippen LogP contribution in [-0.2, 0) is 16.1 Å². The Hall–Kier alpha value is -3.26. The molecular weight excluding hydrogens is 388 g/mol. The number of methoxy groups -OCH3 is 2. The molecule has 0 spiro atoms. The van der Waals surface area contributed by atoms with Gasteiger partial charge in [0, 0.05) is 20.2 Å². The lowest BCUT2D eigenvalue weighted by molar-refractivity contribution is -0.123. The molecule has 0 bridgehead atoms. The summed E-state index contributed by atoms with van der Waals surface area (Å²) in [4.78, 5) is 24.2. The molecule has 2 rings (SSSR count). The van der Waals surface area contributed by atoms with E-state index in [4.69, 9.17) is 18.9 Å². The average Bonchev–Trinajstić information content (AvgIpc) is 2.77. The molecule has 0 saturated carbocycles. The number of amides is 2. The molecule has 0 saturated heterocycles. The van der Waals surface area contributed by atoms with E-state index in [9.17, 15) is 9.59 Å². The van der Waals surface area contributed by atoms with Crippen molar-refractivity contribution in [2.45, 2.75) is 13.5 Å². The first-order valence-electron chi connectivity index (χ1n) is 9.64. The maximum Gasteiger partial charge on any atom is 0.257 e. The second kappa shape index (κ2) is 12.3. The first-order chi connectivity index (χ1) is 14.6. The molecule has 2 aromatic carbocycles. The van der Waals surface area contributed by atoms with Gasteiger partial charge in [0.1, 0.15) is 12.4 Å². The first kappa shape index (κ1) is 23.0. The van der Waals surface area contributed by atoms with Crippen LogP contribution in [0.1, 0.15) is 22.8 Å². The molecule has 0 heterocycles. The summed E-state index contributed by atoms with van der Waals surface area (Å²) in [6.07, 6.45) is 0. The van der Waals surface area contributed by atoms with Crippen molar-refractivity contribution < 1.29 is 28.5 Å². The Labute approximate surface area is 176 Å². The molecule has 8 nitrogen and oxygen atoms in total. The molecule has 162 valence electrons. The van der Waals surface area contributed by atoms with E-state index in [1.54, 1.807) is 43.5 Å². The van der Waals surface area contributed by atoms with Crippen LogP contribution in [0.4, 0.5) is 0 Å². The zero-order valence-corrected chi connectivity index (χ0v) is 17.5. The number of para-hydroxylation sites is 1. The molecule has 0 radical (unpaired) electrons. The third-order valence-electron chi connectivity index (χ3n) is 4.09. The topological polar surface area (TPSA) is 95.1 Å². The van der Waals surface area contributed by atoms with Gasteiger partial charge < -0.3 is 29.6 Å². The Morgan fingerprint density at radius 1 is 0.900 bits per heavy atom. The van der Waals surface area contributed by atoms with Crippen molar-refractivity contribution in [3.63, 3.8) is 0 Å². The van der Waals surface area contributed by atoms with Gasteiger partial charge in [-0.3, -0.25) is 9.59 Å². The molecule has 30 heavy (non-hydrogen) atoms. The summed E-state index contributed by atoms with van der Waals surface area (Å²) in [5, 5.41) is 5.54. The van der Waals surface area contributed by atoms with Gasteiger partial charge in [-0.1, -0.05) is 18.2 Å². The Kier molecular flexibility index (Phi) is 9.47. The monoisotopic (exact) mass is 416 g/mol. The van der Waals surface area contributed by atoms with Crippen LogP contribution < -0.4 is 24.8 Å².